The highest BCUT2D eigenvalue weighted by Gasteiger charge is 2.33. The number of rotatable bonds is 3. The van der Waals surface area contributed by atoms with Gasteiger partial charge in [0.15, 0.2) is 0 Å². The van der Waals surface area contributed by atoms with Crippen LogP contribution in [-0.4, -0.2) is 31.3 Å². The number of hydrogen-bond acceptors (Lipinski definition) is 5. The third-order valence-corrected chi connectivity index (χ3v) is 6.98. The number of hydrogen-bond donors (Lipinski definition) is 2. The molecule has 2 aromatic heterocycles. The number of carbonyl (C=O) groups is 1. The van der Waals surface area contributed by atoms with E-state index in [2.05, 4.69) is 33.2 Å². The number of nitrogens with zero attached hydrogens (tertiary/aromatic N) is 3. The molecule has 1 atom stereocenters. The van der Waals surface area contributed by atoms with Crippen molar-refractivity contribution in [2.24, 2.45) is 0 Å². The Morgan fingerprint density at radius 1 is 1.23 bits per heavy atom. The number of fused-ring (bicyclic) bond motifs is 1. The van der Waals surface area contributed by atoms with E-state index < -0.39 is 5.60 Å². The molecular formula is C24H30N4O3. The lowest BCUT2D eigenvalue weighted by molar-refractivity contribution is -0.123. The van der Waals surface area contributed by atoms with E-state index in [1.165, 1.54) is 0 Å². The van der Waals surface area contributed by atoms with Crippen molar-refractivity contribution >= 4 is 16.9 Å². The Labute approximate surface area is 181 Å². The number of nitrogens with one attached hydrogen (secondary N) is 1. The molecule has 5 rings (SSSR count). The molecule has 1 amide bonds. The van der Waals surface area contributed by atoms with E-state index in [1.54, 1.807) is 0 Å². The lowest BCUT2D eigenvalue weighted by Gasteiger charge is -2.35. The van der Waals surface area contributed by atoms with Crippen molar-refractivity contribution in [3.8, 4) is 11.1 Å². The fourth-order valence-corrected chi connectivity index (χ4v) is 5.28. The SMILES string of the molecule is Cc1noc(C)c1-c1ccc2c(c1)nc([C@@H]1CCCC(=O)N1)n2[C@H]1CC[C@@](C)(O)CC1. The van der Waals surface area contributed by atoms with E-state index in [1.807, 2.05) is 20.8 Å². The van der Waals surface area contributed by atoms with E-state index in [0.29, 0.717) is 6.42 Å². The fraction of sp³-hybridized carbons (Fsp3) is 0.542. The smallest absolute Gasteiger partial charge is 0.220 e. The molecule has 0 unspecified atom stereocenters. The molecule has 1 saturated heterocycles. The summed E-state index contributed by atoms with van der Waals surface area (Å²) in [6.45, 7) is 5.80. The van der Waals surface area contributed by atoms with Gasteiger partial charge in [0.1, 0.15) is 11.6 Å². The molecular weight excluding hydrogens is 392 g/mol. The first-order valence-electron chi connectivity index (χ1n) is 11.3. The van der Waals surface area contributed by atoms with Gasteiger partial charge in [-0.15, -0.1) is 0 Å². The van der Waals surface area contributed by atoms with Crippen LogP contribution >= 0.6 is 0 Å². The molecule has 164 valence electrons. The van der Waals surface area contributed by atoms with Crippen molar-refractivity contribution in [1.82, 2.24) is 20.0 Å². The highest BCUT2D eigenvalue weighted by Crippen LogP contribution is 2.40. The molecule has 1 aromatic carbocycles. The highest BCUT2D eigenvalue weighted by molar-refractivity contribution is 5.84. The molecule has 1 aliphatic carbocycles. The van der Waals surface area contributed by atoms with Gasteiger partial charge >= 0.3 is 0 Å². The second kappa shape index (κ2) is 7.48. The Bertz CT molecular complexity index is 1110. The normalized spacial score (nSPS) is 26.9. The van der Waals surface area contributed by atoms with Crippen LogP contribution in [0.25, 0.3) is 22.2 Å². The fourth-order valence-electron chi connectivity index (χ4n) is 5.28. The van der Waals surface area contributed by atoms with E-state index in [9.17, 15) is 9.90 Å². The Morgan fingerprint density at radius 2 is 2.00 bits per heavy atom. The lowest BCUT2D eigenvalue weighted by atomic mass is 9.83. The van der Waals surface area contributed by atoms with Crippen molar-refractivity contribution in [1.29, 1.82) is 0 Å². The minimum absolute atomic E-state index is 0.0707. The van der Waals surface area contributed by atoms with Crippen LogP contribution in [0.1, 0.15) is 81.2 Å². The summed E-state index contributed by atoms with van der Waals surface area (Å²) in [5, 5.41) is 17.7. The van der Waals surface area contributed by atoms with Gasteiger partial charge in [0.2, 0.25) is 5.91 Å². The Hall–Kier alpha value is -2.67. The molecule has 0 spiro atoms. The van der Waals surface area contributed by atoms with Gasteiger partial charge in [0.05, 0.1) is 28.4 Å². The highest BCUT2D eigenvalue weighted by atomic mass is 16.5. The zero-order valence-corrected chi connectivity index (χ0v) is 18.4. The third kappa shape index (κ3) is 3.65. The third-order valence-electron chi connectivity index (χ3n) is 6.98. The molecule has 7 nitrogen and oxygen atoms in total. The van der Waals surface area contributed by atoms with Crippen LogP contribution in [-0.2, 0) is 4.79 Å². The van der Waals surface area contributed by atoms with Crippen molar-refractivity contribution in [2.45, 2.75) is 83.4 Å². The topological polar surface area (TPSA) is 93.2 Å². The predicted molar refractivity (Wildman–Crippen MR) is 118 cm³/mol. The standard InChI is InChI=1S/C24H30N4O3/c1-14-22(15(2)31-27-14)16-7-8-20-19(13-16)26-23(18-5-4-6-21(29)25-18)28(20)17-9-11-24(3,30)12-10-17/h7-8,13,17-18,30H,4-6,9-12H2,1-3H3,(H,25,29)/t17-,18-,24+/m0/s1. The van der Waals surface area contributed by atoms with E-state index >= 15 is 0 Å². The summed E-state index contributed by atoms with van der Waals surface area (Å²) in [5.74, 6) is 1.83. The molecule has 31 heavy (non-hydrogen) atoms. The summed E-state index contributed by atoms with van der Waals surface area (Å²) in [4.78, 5) is 17.2. The Kier molecular flexibility index (Phi) is 4.88. The molecule has 0 bridgehead atoms. The Morgan fingerprint density at radius 3 is 2.68 bits per heavy atom. The Balaban J connectivity index is 1.61. The summed E-state index contributed by atoms with van der Waals surface area (Å²) in [5.41, 5.74) is 4.33. The maximum absolute atomic E-state index is 12.1. The average molecular weight is 423 g/mol. The van der Waals surface area contributed by atoms with Gasteiger partial charge in [-0.1, -0.05) is 11.2 Å². The number of aryl methyl sites for hydroxylation is 2. The van der Waals surface area contributed by atoms with Gasteiger partial charge in [-0.25, -0.2) is 4.98 Å². The number of piperidine rings is 1. The quantitative estimate of drug-likeness (QED) is 0.647. The number of amides is 1. The molecule has 1 saturated carbocycles. The number of aromatic nitrogens is 3. The van der Waals surface area contributed by atoms with Crippen molar-refractivity contribution in [3.05, 3.63) is 35.5 Å². The molecule has 3 heterocycles. The number of benzene rings is 1. The molecule has 1 aliphatic heterocycles. The zero-order chi connectivity index (χ0) is 21.8. The van der Waals surface area contributed by atoms with Crippen LogP contribution < -0.4 is 5.32 Å². The van der Waals surface area contributed by atoms with Crippen LogP contribution in [0.5, 0.6) is 0 Å². The van der Waals surface area contributed by atoms with Crippen molar-refractivity contribution in [2.75, 3.05) is 0 Å². The first kappa shape index (κ1) is 20.2. The second-order valence-corrected chi connectivity index (χ2v) is 9.48. The van der Waals surface area contributed by atoms with E-state index in [4.69, 9.17) is 9.51 Å². The summed E-state index contributed by atoms with van der Waals surface area (Å²) in [6.07, 6.45) is 5.70. The van der Waals surface area contributed by atoms with Gasteiger partial charge in [0.25, 0.3) is 0 Å². The van der Waals surface area contributed by atoms with Gasteiger partial charge in [-0.2, -0.15) is 0 Å². The monoisotopic (exact) mass is 422 g/mol. The molecule has 2 fully saturated rings. The first-order chi connectivity index (χ1) is 14.8. The zero-order valence-electron chi connectivity index (χ0n) is 18.4. The minimum atomic E-state index is -0.595. The maximum atomic E-state index is 12.1. The molecule has 0 radical (unpaired) electrons. The summed E-state index contributed by atoms with van der Waals surface area (Å²) < 4.78 is 7.70. The van der Waals surface area contributed by atoms with Gasteiger partial charge in [-0.05, 0) is 77.0 Å². The minimum Gasteiger partial charge on any atom is -0.390 e. The summed E-state index contributed by atoms with van der Waals surface area (Å²) >= 11 is 0. The van der Waals surface area contributed by atoms with Crippen molar-refractivity contribution in [3.63, 3.8) is 0 Å². The first-order valence-corrected chi connectivity index (χ1v) is 11.3. The molecule has 2 N–H and O–H groups in total. The van der Waals surface area contributed by atoms with Gasteiger partial charge in [0, 0.05) is 18.0 Å². The molecule has 3 aromatic rings. The van der Waals surface area contributed by atoms with Crippen LogP contribution in [0.2, 0.25) is 0 Å². The van der Waals surface area contributed by atoms with Crippen LogP contribution in [0, 0.1) is 13.8 Å². The van der Waals surface area contributed by atoms with E-state index in [0.717, 1.165) is 78.0 Å². The van der Waals surface area contributed by atoms with Crippen LogP contribution in [0.3, 0.4) is 0 Å². The molecule has 2 aliphatic rings. The largest absolute Gasteiger partial charge is 0.390 e. The second-order valence-electron chi connectivity index (χ2n) is 9.48. The van der Waals surface area contributed by atoms with Crippen molar-refractivity contribution < 1.29 is 14.4 Å². The summed E-state index contributed by atoms with van der Waals surface area (Å²) in [7, 11) is 0. The summed E-state index contributed by atoms with van der Waals surface area (Å²) in [6, 6.07) is 6.54. The molecule has 7 heteroatoms. The van der Waals surface area contributed by atoms with Gasteiger partial charge in [-0.3, -0.25) is 4.79 Å². The van der Waals surface area contributed by atoms with E-state index in [-0.39, 0.29) is 18.0 Å². The maximum Gasteiger partial charge on any atom is 0.220 e. The predicted octanol–water partition coefficient (Wildman–Crippen LogP) is 4.52. The number of aliphatic hydroxyl groups is 1. The number of imidazole rings is 1. The average Bonchev–Trinajstić information content (AvgIpc) is 3.27. The van der Waals surface area contributed by atoms with Crippen LogP contribution in [0.15, 0.2) is 22.7 Å². The van der Waals surface area contributed by atoms with Gasteiger partial charge < -0.3 is 19.5 Å². The number of carbonyl (C=O) groups excluding carboxylic acids is 1. The lowest BCUT2D eigenvalue weighted by Crippen LogP contribution is -2.36. The van der Waals surface area contributed by atoms with Crippen LogP contribution in [0.4, 0.5) is 0 Å².